The molecule has 1 spiro atoms. The van der Waals surface area contributed by atoms with Gasteiger partial charge in [-0.1, -0.05) is 50.6 Å². The van der Waals surface area contributed by atoms with Crippen LogP contribution in [0.15, 0.2) is 58.4 Å². The van der Waals surface area contributed by atoms with E-state index in [9.17, 15) is 44.6 Å². The highest BCUT2D eigenvalue weighted by Crippen LogP contribution is 2.60. The summed E-state index contributed by atoms with van der Waals surface area (Å²) in [6.45, 7) is 12.4. The number of Topliss-reactive ketones (excluding diaryl/α,β-unsaturated/α-hetero) is 1. The molecule has 2 aliphatic heterocycles. The van der Waals surface area contributed by atoms with Gasteiger partial charge >= 0.3 is 12.1 Å². The van der Waals surface area contributed by atoms with Gasteiger partial charge in [-0.05, 0) is 68.6 Å². The lowest BCUT2D eigenvalue weighted by Crippen LogP contribution is -2.65. The van der Waals surface area contributed by atoms with E-state index in [1.807, 2.05) is 39.0 Å². The molecule has 15 nitrogen and oxygen atoms in total. The fourth-order valence-corrected chi connectivity index (χ4v) is 10.8. The van der Waals surface area contributed by atoms with E-state index < -0.39 is 111 Å². The number of aliphatic hydroxyl groups excluding tert-OH is 3. The minimum Gasteiger partial charge on any atom is -0.511 e. The Balaban J connectivity index is 1.51. The summed E-state index contributed by atoms with van der Waals surface area (Å²) < 4.78 is 23.4. The number of nitrogens with zero attached hydrogens (tertiary/aromatic N) is 1. The van der Waals surface area contributed by atoms with Crippen LogP contribution in [0.5, 0.6) is 0 Å². The highest BCUT2D eigenvalue weighted by Gasteiger charge is 2.64. The lowest BCUT2D eigenvalue weighted by atomic mass is 9.49. The topological polar surface area (TPSA) is 221 Å². The van der Waals surface area contributed by atoms with Crippen LogP contribution in [0.25, 0.3) is 0 Å². The summed E-state index contributed by atoms with van der Waals surface area (Å²) >= 11 is 0. The Bertz CT molecular complexity index is 1830. The molecule has 0 aromatic heterocycles. The number of ketones is 1. The molecule has 2 bridgehead atoms. The predicted molar refractivity (Wildman–Crippen MR) is 199 cm³/mol. The minimum atomic E-state index is -2.10. The number of esters is 1. The van der Waals surface area contributed by atoms with E-state index >= 15 is 0 Å². The second-order valence-corrected chi connectivity index (χ2v) is 17.2. The average Bonchev–Trinajstić information content (AvgIpc) is 3.38. The molecule has 4 aliphatic carbocycles. The van der Waals surface area contributed by atoms with E-state index in [1.165, 1.54) is 13.0 Å². The number of nitrogens with one attached hydrogen (secondary N) is 1. The van der Waals surface area contributed by atoms with Crippen LogP contribution in [0.3, 0.4) is 0 Å². The van der Waals surface area contributed by atoms with Crippen molar-refractivity contribution in [3.63, 3.8) is 0 Å². The van der Waals surface area contributed by atoms with E-state index in [1.54, 1.807) is 26.8 Å². The zero-order chi connectivity index (χ0) is 41.2. The first-order chi connectivity index (χ1) is 26.2. The SMILES string of the molecule is COC(=O)N[C@H]1[C@@H](C)O[C@@H](O[C@H]2C/C=C(\C)[C@@H]3C=C[C@@H]4[C@@H](O)[C@@H](C)C[C@H](C)[C@H]4[C@]3(C)/C(O)=C3/C(=O)OC4(CC(C=O)=C[C@H](O)[C@H]4/C=C/2C)C3=O)C[C@]1(C)[N+](=O)[O-]. The van der Waals surface area contributed by atoms with Crippen molar-refractivity contribution in [2.45, 2.75) is 122 Å². The third-order valence-corrected chi connectivity index (χ3v) is 13.7. The Kier molecular flexibility index (Phi) is 11.1. The number of aliphatic hydroxyl groups is 3. The molecule has 306 valence electrons. The highest BCUT2D eigenvalue weighted by atomic mass is 16.7. The van der Waals surface area contributed by atoms with Crippen LogP contribution >= 0.6 is 0 Å². The van der Waals surface area contributed by atoms with Crippen LogP contribution in [-0.4, -0.2) is 99.4 Å². The van der Waals surface area contributed by atoms with E-state index in [0.29, 0.717) is 18.3 Å². The van der Waals surface area contributed by atoms with Gasteiger partial charge in [0, 0.05) is 35.5 Å². The third kappa shape index (κ3) is 6.53. The summed E-state index contributed by atoms with van der Waals surface area (Å²) in [5.74, 6) is -5.13. The van der Waals surface area contributed by atoms with Gasteiger partial charge in [0.15, 0.2) is 11.9 Å². The number of fused-ring (bicyclic) bond motifs is 4. The molecule has 2 saturated heterocycles. The number of carbonyl (C=O) groups excluding carboxylic acids is 4. The van der Waals surface area contributed by atoms with Gasteiger partial charge in [-0.3, -0.25) is 19.7 Å². The van der Waals surface area contributed by atoms with Gasteiger partial charge in [0.1, 0.15) is 23.7 Å². The van der Waals surface area contributed by atoms with Crippen LogP contribution < -0.4 is 5.32 Å². The third-order valence-electron chi connectivity index (χ3n) is 13.7. The van der Waals surface area contributed by atoms with Gasteiger partial charge in [-0.2, -0.15) is 0 Å². The first-order valence-electron chi connectivity index (χ1n) is 19.3. The number of nitro groups is 1. The normalized spacial score (nSPS) is 47.0. The van der Waals surface area contributed by atoms with Crippen molar-refractivity contribution in [2.24, 2.45) is 40.9 Å². The lowest BCUT2D eigenvalue weighted by molar-refractivity contribution is -0.584. The maximum Gasteiger partial charge on any atom is 0.407 e. The monoisotopic (exact) mass is 782 g/mol. The Morgan fingerprint density at radius 1 is 1.09 bits per heavy atom. The largest absolute Gasteiger partial charge is 0.511 e. The standard InChI is InChI=1S/C41H54N2O13/c1-19-9-12-29(55-30-17-39(6,43(51)52)34(23(5)54-30)42-38(50)53-8)20(2)14-27-28(45)15-24(18-44)16-41(27)36(48)31(37(49)56-41)35(47)40(7)26(19)11-10-25-32(40)21(3)13-22(4)33(25)46/h9-11,14-15,18,21-23,25-30,32-34,45-47H,12-13,16-17H2,1-8H3,(H,42,50)/b19-9+,20-14+,35-31-/t21-,22-,23+,25-,26-,27+,28-,29-,30-,32+,33-,34-,39-,40+,41?/m0/s1. The number of rotatable bonds is 5. The fraction of sp³-hybridized carbons (Fsp3) is 0.659. The van der Waals surface area contributed by atoms with Crippen molar-refractivity contribution in [3.8, 4) is 0 Å². The quantitative estimate of drug-likeness (QED) is 0.0768. The Morgan fingerprint density at radius 2 is 1.79 bits per heavy atom. The van der Waals surface area contributed by atoms with Crippen molar-refractivity contribution in [2.75, 3.05) is 7.11 Å². The van der Waals surface area contributed by atoms with Crippen LogP contribution in [-0.2, 0) is 33.3 Å². The average molecular weight is 783 g/mol. The summed E-state index contributed by atoms with van der Waals surface area (Å²) in [6.07, 6.45) is 3.32. The van der Waals surface area contributed by atoms with Crippen LogP contribution in [0.4, 0.5) is 4.79 Å². The van der Waals surface area contributed by atoms with Crippen LogP contribution in [0, 0.1) is 51.0 Å². The summed E-state index contributed by atoms with van der Waals surface area (Å²) in [5, 5.41) is 50.6. The number of amides is 1. The molecule has 1 amide bonds. The second kappa shape index (κ2) is 15.0. The number of aldehydes is 1. The van der Waals surface area contributed by atoms with Gasteiger partial charge < -0.3 is 39.6 Å². The minimum absolute atomic E-state index is 0.0397. The van der Waals surface area contributed by atoms with Crippen LogP contribution in [0.1, 0.15) is 74.1 Å². The first kappa shape index (κ1) is 41.5. The number of hydrogen-bond donors (Lipinski definition) is 4. The number of allylic oxidation sites excluding steroid dienone is 3. The zero-order valence-electron chi connectivity index (χ0n) is 33.1. The number of methoxy groups -OCH3 is 1. The van der Waals surface area contributed by atoms with E-state index in [-0.39, 0.29) is 36.7 Å². The molecule has 2 heterocycles. The van der Waals surface area contributed by atoms with Crippen LogP contribution in [0.2, 0.25) is 0 Å². The predicted octanol–water partition coefficient (Wildman–Crippen LogP) is 4.21. The van der Waals surface area contributed by atoms with Gasteiger partial charge in [0.2, 0.25) is 11.3 Å². The van der Waals surface area contributed by atoms with E-state index in [2.05, 4.69) is 5.32 Å². The van der Waals surface area contributed by atoms with Crippen molar-refractivity contribution in [1.82, 2.24) is 5.32 Å². The Labute approximate surface area is 326 Å². The zero-order valence-corrected chi connectivity index (χ0v) is 33.1. The second-order valence-electron chi connectivity index (χ2n) is 17.2. The summed E-state index contributed by atoms with van der Waals surface area (Å²) in [6, 6.07) is -1.07. The molecule has 0 radical (unpaired) electrons. The summed E-state index contributed by atoms with van der Waals surface area (Å²) in [4.78, 5) is 65.3. The highest BCUT2D eigenvalue weighted by molar-refractivity contribution is 6.26. The Hall–Kier alpha value is -4.18. The maximum atomic E-state index is 14.9. The molecule has 3 fully saturated rings. The molecule has 0 aromatic carbocycles. The molecule has 56 heavy (non-hydrogen) atoms. The molecule has 6 aliphatic rings. The fourth-order valence-electron chi connectivity index (χ4n) is 10.8. The van der Waals surface area contributed by atoms with Crippen molar-refractivity contribution in [3.05, 3.63) is 68.5 Å². The van der Waals surface area contributed by atoms with Crippen molar-refractivity contribution < 1.29 is 58.4 Å². The lowest BCUT2D eigenvalue weighted by Gasteiger charge is -2.55. The van der Waals surface area contributed by atoms with E-state index in [4.69, 9.17) is 18.9 Å². The molecule has 15 atom stereocenters. The van der Waals surface area contributed by atoms with Gasteiger partial charge in [0.25, 0.3) is 0 Å². The van der Waals surface area contributed by atoms with E-state index in [0.717, 1.165) is 12.7 Å². The molecule has 6 rings (SSSR count). The first-order valence-corrected chi connectivity index (χ1v) is 19.3. The Morgan fingerprint density at radius 3 is 2.43 bits per heavy atom. The van der Waals surface area contributed by atoms with Gasteiger partial charge in [-0.15, -0.1) is 0 Å². The number of ether oxygens (including phenoxy) is 4. The summed E-state index contributed by atoms with van der Waals surface area (Å²) in [7, 11) is 1.15. The molecule has 15 heteroatoms. The van der Waals surface area contributed by atoms with Crippen molar-refractivity contribution in [1.29, 1.82) is 0 Å². The smallest absolute Gasteiger partial charge is 0.407 e. The summed E-state index contributed by atoms with van der Waals surface area (Å²) in [5.41, 5.74) is -4.40. The number of alkyl carbamates (subject to hydrolysis) is 1. The molecular weight excluding hydrogens is 728 g/mol. The molecule has 0 aromatic rings. The number of carbonyl (C=O) groups is 4. The molecular formula is C41H54N2O13. The maximum absolute atomic E-state index is 14.9. The van der Waals surface area contributed by atoms with Gasteiger partial charge in [-0.25, -0.2) is 9.59 Å². The number of hydrogen-bond acceptors (Lipinski definition) is 13. The molecule has 1 saturated carbocycles. The molecule has 1 unspecified atom stereocenters. The molecule has 4 N–H and O–H groups in total. The van der Waals surface area contributed by atoms with Gasteiger partial charge in [0.05, 0.1) is 43.9 Å². The van der Waals surface area contributed by atoms with Crippen molar-refractivity contribution >= 4 is 24.1 Å².